The van der Waals surface area contributed by atoms with Crippen LogP contribution >= 0.6 is 0 Å². The Balaban J connectivity index is 2.14. The van der Waals surface area contributed by atoms with Crippen molar-refractivity contribution in [3.63, 3.8) is 0 Å². The highest BCUT2D eigenvalue weighted by atomic mass is 16.3. The second-order valence-corrected chi connectivity index (χ2v) is 3.27. The molecule has 0 bridgehead atoms. The molecule has 1 N–H and O–H groups in total. The molecule has 0 saturated heterocycles. The molecule has 0 amide bonds. The summed E-state index contributed by atoms with van der Waals surface area (Å²) in [5.74, 6) is 0. The smallest absolute Gasteiger partial charge is 0.137 e. The molecule has 13 heavy (non-hydrogen) atoms. The molecule has 4 heteroatoms. The SMILES string of the molecule is CCCCCC(O)Cn1cncn1. The Labute approximate surface area is 78.6 Å². The molecule has 1 aromatic heterocycles. The lowest BCUT2D eigenvalue weighted by molar-refractivity contribution is 0.136. The summed E-state index contributed by atoms with van der Waals surface area (Å²) in [5.41, 5.74) is 0. The van der Waals surface area contributed by atoms with Crippen molar-refractivity contribution in [3.8, 4) is 0 Å². The van der Waals surface area contributed by atoms with Gasteiger partial charge in [0.05, 0.1) is 12.6 Å². The summed E-state index contributed by atoms with van der Waals surface area (Å²) in [7, 11) is 0. The Morgan fingerprint density at radius 1 is 1.46 bits per heavy atom. The molecule has 1 unspecified atom stereocenters. The summed E-state index contributed by atoms with van der Waals surface area (Å²) < 4.78 is 1.66. The number of unbranched alkanes of at least 4 members (excludes halogenated alkanes) is 2. The van der Waals surface area contributed by atoms with Gasteiger partial charge in [0.1, 0.15) is 12.7 Å². The van der Waals surface area contributed by atoms with Gasteiger partial charge >= 0.3 is 0 Å². The van der Waals surface area contributed by atoms with E-state index >= 15 is 0 Å². The van der Waals surface area contributed by atoms with Gasteiger partial charge in [0, 0.05) is 0 Å². The molecule has 1 aromatic rings. The monoisotopic (exact) mass is 183 g/mol. The standard InChI is InChI=1S/C9H17N3O/c1-2-3-4-5-9(13)6-12-8-10-7-11-12/h7-9,13H,2-6H2,1H3. The van der Waals surface area contributed by atoms with Gasteiger partial charge in [0.2, 0.25) is 0 Å². The Kier molecular flexibility index (Phi) is 4.46. The van der Waals surface area contributed by atoms with E-state index in [1.807, 2.05) is 0 Å². The maximum absolute atomic E-state index is 9.56. The van der Waals surface area contributed by atoms with Crippen LogP contribution in [-0.2, 0) is 6.54 Å². The number of aliphatic hydroxyl groups excluding tert-OH is 1. The Morgan fingerprint density at radius 2 is 2.31 bits per heavy atom. The van der Waals surface area contributed by atoms with Crippen molar-refractivity contribution in [1.82, 2.24) is 14.8 Å². The van der Waals surface area contributed by atoms with Crippen molar-refractivity contribution in [2.75, 3.05) is 0 Å². The van der Waals surface area contributed by atoms with Crippen LogP contribution in [0.25, 0.3) is 0 Å². The van der Waals surface area contributed by atoms with Crippen molar-refractivity contribution >= 4 is 0 Å². The molecule has 1 atom stereocenters. The molecule has 1 rings (SSSR count). The van der Waals surface area contributed by atoms with E-state index in [2.05, 4.69) is 17.0 Å². The van der Waals surface area contributed by atoms with Crippen LogP contribution in [0.15, 0.2) is 12.7 Å². The molecule has 4 nitrogen and oxygen atoms in total. The molecule has 0 aliphatic heterocycles. The third-order valence-electron chi connectivity index (χ3n) is 2.01. The quantitative estimate of drug-likeness (QED) is 0.675. The topological polar surface area (TPSA) is 50.9 Å². The third kappa shape index (κ3) is 4.03. The Morgan fingerprint density at radius 3 is 2.92 bits per heavy atom. The van der Waals surface area contributed by atoms with E-state index < -0.39 is 0 Å². The van der Waals surface area contributed by atoms with E-state index in [4.69, 9.17) is 0 Å². The second kappa shape index (κ2) is 5.70. The summed E-state index contributed by atoms with van der Waals surface area (Å²) in [6.45, 7) is 2.72. The average molecular weight is 183 g/mol. The van der Waals surface area contributed by atoms with E-state index in [9.17, 15) is 5.11 Å². The molecule has 0 fully saturated rings. The van der Waals surface area contributed by atoms with Crippen molar-refractivity contribution in [2.45, 2.75) is 45.3 Å². The number of aliphatic hydroxyl groups is 1. The predicted octanol–water partition coefficient (Wildman–Crippen LogP) is 1.22. The number of rotatable bonds is 6. The fourth-order valence-corrected chi connectivity index (χ4v) is 1.26. The first-order valence-corrected chi connectivity index (χ1v) is 4.83. The first kappa shape index (κ1) is 10.2. The zero-order chi connectivity index (χ0) is 9.52. The normalized spacial score (nSPS) is 13.1. The minimum Gasteiger partial charge on any atom is -0.391 e. The Hall–Kier alpha value is -0.900. The van der Waals surface area contributed by atoms with Gasteiger partial charge in [0.15, 0.2) is 0 Å². The maximum atomic E-state index is 9.56. The van der Waals surface area contributed by atoms with Crippen molar-refractivity contribution in [3.05, 3.63) is 12.7 Å². The van der Waals surface area contributed by atoms with Crippen LogP contribution in [0, 0.1) is 0 Å². The third-order valence-corrected chi connectivity index (χ3v) is 2.01. The molecular weight excluding hydrogens is 166 g/mol. The van der Waals surface area contributed by atoms with E-state index in [-0.39, 0.29) is 6.10 Å². The molecule has 1 heterocycles. The first-order valence-electron chi connectivity index (χ1n) is 4.83. The lowest BCUT2D eigenvalue weighted by Gasteiger charge is -2.09. The zero-order valence-corrected chi connectivity index (χ0v) is 8.06. The summed E-state index contributed by atoms with van der Waals surface area (Å²) in [6, 6.07) is 0. The predicted molar refractivity (Wildman–Crippen MR) is 50.2 cm³/mol. The van der Waals surface area contributed by atoms with Crippen LogP contribution in [0.4, 0.5) is 0 Å². The van der Waals surface area contributed by atoms with Gasteiger partial charge in [-0.05, 0) is 6.42 Å². The maximum Gasteiger partial charge on any atom is 0.137 e. The molecule has 0 aliphatic carbocycles. The van der Waals surface area contributed by atoms with Gasteiger partial charge in [-0.1, -0.05) is 26.2 Å². The van der Waals surface area contributed by atoms with Gasteiger partial charge in [-0.25, -0.2) is 4.98 Å². The average Bonchev–Trinajstić information content (AvgIpc) is 2.57. The molecule has 0 aliphatic rings. The summed E-state index contributed by atoms with van der Waals surface area (Å²) in [6.07, 6.45) is 7.15. The van der Waals surface area contributed by atoms with Crippen LogP contribution in [0.2, 0.25) is 0 Å². The van der Waals surface area contributed by atoms with Gasteiger partial charge in [-0.2, -0.15) is 5.10 Å². The molecule has 0 saturated carbocycles. The van der Waals surface area contributed by atoms with Crippen molar-refractivity contribution < 1.29 is 5.11 Å². The van der Waals surface area contributed by atoms with Crippen LogP contribution in [0.5, 0.6) is 0 Å². The van der Waals surface area contributed by atoms with E-state index in [0.717, 1.165) is 12.8 Å². The molecule has 0 aromatic carbocycles. The highest BCUT2D eigenvalue weighted by molar-refractivity contribution is 4.61. The number of nitrogens with zero attached hydrogens (tertiary/aromatic N) is 3. The van der Waals surface area contributed by atoms with Crippen molar-refractivity contribution in [1.29, 1.82) is 0 Å². The van der Waals surface area contributed by atoms with Crippen LogP contribution in [0.3, 0.4) is 0 Å². The van der Waals surface area contributed by atoms with E-state index in [0.29, 0.717) is 6.54 Å². The van der Waals surface area contributed by atoms with Crippen molar-refractivity contribution in [2.24, 2.45) is 0 Å². The van der Waals surface area contributed by atoms with Gasteiger partial charge in [-0.15, -0.1) is 0 Å². The second-order valence-electron chi connectivity index (χ2n) is 3.27. The van der Waals surface area contributed by atoms with Gasteiger partial charge < -0.3 is 5.11 Å². The summed E-state index contributed by atoms with van der Waals surface area (Å²) >= 11 is 0. The summed E-state index contributed by atoms with van der Waals surface area (Å²) in [5, 5.41) is 13.5. The minimum atomic E-state index is -0.284. The number of hydrogen-bond donors (Lipinski definition) is 1. The highest BCUT2D eigenvalue weighted by Gasteiger charge is 2.04. The van der Waals surface area contributed by atoms with E-state index in [1.165, 1.54) is 19.2 Å². The molecular formula is C9H17N3O. The minimum absolute atomic E-state index is 0.284. The number of hydrogen-bond acceptors (Lipinski definition) is 3. The molecule has 0 radical (unpaired) electrons. The Bertz CT molecular complexity index is 211. The lowest BCUT2D eigenvalue weighted by atomic mass is 10.1. The van der Waals surface area contributed by atoms with Crippen LogP contribution < -0.4 is 0 Å². The highest BCUT2D eigenvalue weighted by Crippen LogP contribution is 2.04. The fourth-order valence-electron chi connectivity index (χ4n) is 1.26. The lowest BCUT2D eigenvalue weighted by Crippen LogP contribution is -2.16. The van der Waals surface area contributed by atoms with Gasteiger partial charge in [0.25, 0.3) is 0 Å². The van der Waals surface area contributed by atoms with Gasteiger partial charge in [-0.3, -0.25) is 4.68 Å². The molecule has 74 valence electrons. The zero-order valence-electron chi connectivity index (χ0n) is 8.06. The number of aromatic nitrogens is 3. The van der Waals surface area contributed by atoms with E-state index in [1.54, 1.807) is 11.0 Å². The first-order chi connectivity index (χ1) is 6.33. The summed E-state index contributed by atoms with van der Waals surface area (Å²) in [4.78, 5) is 3.81. The van der Waals surface area contributed by atoms with Crippen LogP contribution in [0.1, 0.15) is 32.6 Å². The molecule has 0 spiro atoms. The fraction of sp³-hybridized carbons (Fsp3) is 0.778. The largest absolute Gasteiger partial charge is 0.391 e. The van der Waals surface area contributed by atoms with Crippen LogP contribution in [-0.4, -0.2) is 26.0 Å².